The maximum atomic E-state index is 12.1. The van der Waals surface area contributed by atoms with Gasteiger partial charge in [0, 0.05) is 16.1 Å². The van der Waals surface area contributed by atoms with Gasteiger partial charge in [-0.25, -0.2) is 9.78 Å². The molecule has 3 rings (SSSR count). The Kier molecular flexibility index (Phi) is 4.37. The number of pyridine rings is 1. The van der Waals surface area contributed by atoms with E-state index in [2.05, 4.69) is 10.3 Å². The van der Waals surface area contributed by atoms with Crippen LogP contribution in [-0.2, 0) is 0 Å². The largest absolute Gasteiger partial charge is 0.417 e. The van der Waals surface area contributed by atoms with Crippen LogP contribution in [0.15, 0.2) is 48.5 Å². The predicted molar refractivity (Wildman–Crippen MR) is 92.6 cm³/mol. The highest BCUT2D eigenvalue weighted by Gasteiger charge is 2.11. The first-order valence-corrected chi connectivity index (χ1v) is 7.59. The highest BCUT2D eigenvalue weighted by Crippen LogP contribution is 2.27. The minimum Gasteiger partial charge on any atom is -0.408 e. The molecular weight excluding hydrogens is 335 g/mol. The SMILES string of the molecule is Cc1ccc2cccc(OC(=O)Nc3ccc(Cl)cc3Cl)c2n1. The van der Waals surface area contributed by atoms with E-state index < -0.39 is 6.09 Å². The van der Waals surface area contributed by atoms with E-state index in [1.54, 1.807) is 30.3 Å². The summed E-state index contributed by atoms with van der Waals surface area (Å²) in [5.74, 6) is 0.383. The van der Waals surface area contributed by atoms with Crippen LogP contribution >= 0.6 is 23.2 Å². The number of carbonyl (C=O) groups is 1. The van der Waals surface area contributed by atoms with Gasteiger partial charge in [-0.3, -0.25) is 5.32 Å². The first kappa shape index (κ1) is 15.6. The van der Waals surface area contributed by atoms with Crippen molar-refractivity contribution in [1.29, 1.82) is 0 Å². The molecule has 0 spiro atoms. The molecule has 0 aliphatic heterocycles. The van der Waals surface area contributed by atoms with Gasteiger partial charge in [-0.15, -0.1) is 0 Å². The molecule has 0 aliphatic rings. The number of carbonyl (C=O) groups excluding carboxylic acids is 1. The summed E-state index contributed by atoms with van der Waals surface area (Å²) in [5, 5.41) is 4.30. The quantitative estimate of drug-likeness (QED) is 0.670. The van der Waals surface area contributed by atoms with Gasteiger partial charge in [0.2, 0.25) is 0 Å². The molecule has 2 aromatic carbocycles. The number of ether oxygens (including phenoxy) is 1. The lowest BCUT2D eigenvalue weighted by Crippen LogP contribution is -2.17. The molecule has 1 amide bonds. The first-order valence-electron chi connectivity index (χ1n) is 6.83. The van der Waals surface area contributed by atoms with Gasteiger partial charge in [0.1, 0.15) is 5.52 Å². The Labute approximate surface area is 143 Å². The number of benzene rings is 2. The Morgan fingerprint density at radius 3 is 2.74 bits per heavy atom. The van der Waals surface area contributed by atoms with E-state index in [0.29, 0.717) is 27.0 Å². The molecule has 23 heavy (non-hydrogen) atoms. The number of para-hydroxylation sites is 1. The average molecular weight is 347 g/mol. The van der Waals surface area contributed by atoms with Crippen LogP contribution in [0.25, 0.3) is 10.9 Å². The highest BCUT2D eigenvalue weighted by molar-refractivity contribution is 6.36. The number of hydrogen-bond donors (Lipinski definition) is 1. The Morgan fingerprint density at radius 1 is 1.13 bits per heavy atom. The van der Waals surface area contributed by atoms with Crippen LogP contribution in [0.5, 0.6) is 5.75 Å². The third-order valence-corrected chi connectivity index (χ3v) is 3.74. The van der Waals surface area contributed by atoms with Gasteiger partial charge < -0.3 is 4.74 Å². The van der Waals surface area contributed by atoms with Crippen molar-refractivity contribution < 1.29 is 9.53 Å². The topological polar surface area (TPSA) is 51.2 Å². The van der Waals surface area contributed by atoms with E-state index in [1.807, 2.05) is 25.1 Å². The number of fused-ring (bicyclic) bond motifs is 1. The third-order valence-electron chi connectivity index (χ3n) is 3.19. The van der Waals surface area contributed by atoms with Crippen molar-refractivity contribution in [1.82, 2.24) is 4.98 Å². The Balaban J connectivity index is 1.84. The first-order chi connectivity index (χ1) is 11.0. The Morgan fingerprint density at radius 2 is 1.96 bits per heavy atom. The van der Waals surface area contributed by atoms with Gasteiger partial charge in [-0.05, 0) is 37.3 Å². The van der Waals surface area contributed by atoms with Crippen LogP contribution in [0.2, 0.25) is 10.0 Å². The third kappa shape index (κ3) is 3.55. The highest BCUT2D eigenvalue weighted by atomic mass is 35.5. The molecule has 0 bridgehead atoms. The fourth-order valence-electron chi connectivity index (χ4n) is 2.13. The van der Waals surface area contributed by atoms with E-state index in [4.69, 9.17) is 27.9 Å². The second-order valence-electron chi connectivity index (χ2n) is 4.92. The molecular formula is C17H12Cl2N2O2. The van der Waals surface area contributed by atoms with Crippen molar-refractivity contribution in [2.45, 2.75) is 6.92 Å². The monoisotopic (exact) mass is 346 g/mol. The van der Waals surface area contributed by atoms with E-state index >= 15 is 0 Å². The average Bonchev–Trinajstić information content (AvgIpc) is 2.51. The second-order valence-corrected chi connectivity index (χ2v) is 5.76. The number of nitrogens with one attached hydrogen (secondary N) is 1. The van der Waals surface area contributed by atoms with Crippen molar-refractivity contribution in [3.63, 3.8) is 0 Å². The van der Waals surface area contributed by atoms with E-state index in [0.717, 1.165) is 11.1 Å². The zero-order valence-electron chi connectivity index (χ0n) is 12.1. The fourth-order valence-corrected chi connectivity index (χ4v) is 2.58. The summed E-state index contributed by atoms with van der Waals surface area (Å²) in [6, 6.07) is 14.0. The van der Waals surface area contributed by atoms with Crippen molar-refractivity contribution in [2.24, 2.45) is 0 Å². The van der Waals surface area contributed by atoms with Crippen LogP contribution in [0.4, 0.5) is 10.5 Å². The zero-order valence-corrected chi connectivity index (χ0v) is 13.7. The lowest BCUT2D eigenvalue weighted by atomic mass is 10.2. The van der Waals surface area contributed by atoms with Crippen molar-refractivity contribution in [3.05, 3.63) is 64.3 Å². The minimum absolute atomic E-state index is 0.335. The van der Waals surface area contributed by atoms with E-state index in [1.165, 1.54) is 0 Å². The van der Waals surface area contributed by atoms with Gasteiger partial charge in [-0.2, -0.15) is 0 Å². The molecule has 1 heterocycles. The molecule has 0 saturated heterocycles. The zero-order chi connectivity index (χ0) is 16.4. The minimum atomic E-state index is -0.648. The number of anilines is 1. The maximum absolute atomic E-state index is 12.1. The molecule has 3 aromatic rings. The van der Waals surface area contributed by atoms with Gasteiger partial charge in [0.05, 0.1) is 10.7 Å². The maximum Gasteiger partial charge on any atom is 0.417 e. The summed E-state index contributed by atoms with van der Waals surface area (Å²) in [4.78, 5) is 16.5. The number of aromatic nitrogens is 1. The summed E-state index contributed by atoms with van der Waals surface area (Å²) in [5.41, 5.74) is 1.89. The summed E-state index contributed by atoms with van der Waals surface area (Å²) in [6.45, 7) is 1.88. The normalized spacial score (nSPS) is 10.6. The van der Waals surface area contributed by atoms with Gasteiger partial charge in [0.15, 0.2) is 5.75 Å². The number of amides is 1. The van der Waals surface area contributed by atoms with Crippen LogP contribution in [0.3, 0.4) is 0 Å². The van der Waals surface area contributed by atoms with Crippen molar-refractivity contribution in [2.75, 3.05) is 5.32 Å². The van der Waals surface area contributed by atoms with Crippen molar-refractivity contribution in [3.8, 4) is 5.75 Å². The standard InChI is InChI=1S/C17H12Cl2N2O2/c1-10-5-6-11-3-2-4-15(16(11)20-10)23-17(22)21-14-8-7-12(18)9-13(14)19/h2-9H,1H3,(H,21,22). The smallest absolute Gasteiger partial charge is 0.408 e. The molecule has 0 unspecified atom stereocenters. The van der Waals surface area contributed by atoms with Gasteiger partial charge >= 0.3 is 6.09 Å². The Bertz CT molecular complexity index is 897. The van der Waals surface area contributed by atoms with E-state index in [-0.39, 0.29) is 0 Å². The lowest BCUT2D eigenvalue weighted by molar-refractivity contribution is 0.215. The molecule has 6 heteroatoms. The van der Waals surface area contributed by atoms with Crippen LogP contribution < -0.4 is 10.1 Å². The van der Waals surface area contributed by atoms with Crippen LogP contribution in [-0.4, -0.2) is 11.1 Å². The molecule has 0 atom stereocenters. The fraction of sp³-hybridized carbons (Fsp3) is 0.0588. The molecule has 0 aliphatic carbocycles. The van der Waals surface area contributed by atoms with Gasteiger partial charge in [0.25, 0.3) is 0 Å². The molecule has 4 nitrogen and oxygen atoms in total. The van der Waals surface area contributed by atoms with Gasteiger partial charge in [-0.1, -0.05) is 41.4 Å². The molecule has 0 fully saturated rings. The predicted octanol–water partition coefficient (Wildman–Crippen LogP) is 5.46. The number of hydrogen-bond acceptors (Lipinski definition) is 3. The molecule has 116 valence electrons. The molecule has 0 radical (unpaired) electrons. The summed E-state index contributed by atoms with van der Waals surface area (Å²) in [7, 11) is 0. The molecule has 1 aromatic heterocycles. The molecule has 0 saturated carbocycles. The van der Waals surface area contributed by atoms with Crippen molar-refractivity contribution >= 4 is 45.9 Å². The second kappa shape index (κ2) is 6.44. The van der Waals surface area contributed by atoms with Crippen LogP contribution in [0, 0.1) is 6.92 Å². The lowest BCUT2D eigenvalue weighted by Gasteiger charge is -2.10. The summed E-state index contributed by atoms with van der Waals surface area (Å²) in [6.07, 6.45) is -0.648. The molecule has 1 N–H and O–H groups in total. The Hall–Kier alpha value is -2.30. The number of aryl methyl sites for hydroxylation is 1. The van der Waals surface area contributed by atoms with E-state index in [9.17, 15) is 4.79 Å². The summed E-state index contributed by atoms with van der Waals surface area (Å²) >= 11 is 11.9. The summed E-state index contributed by atoms with van der Waals surface area (Å²) < 4.78 is 5.37. The van der Waals surface area contributed by atoms with Crippen LogP contribution in [0.1, 0.15) is 5.69 Å². The number of nitrogens with zero attached hydrogens (tertiary/aromatic N) is 1. The number of rotatable bonds is 2. The number of halogens is 2.